The Morgan fingerprint density at radius 3 is 2.62 bits per heavy atom. The van der Waals surface area contributed by atoms with E-state index in [1.165, 1.54) is 12.8 Å². The lowest BCUT2D eigenvalue weighted by Crippen LogP contribution is -2.38. The van der Waals surface area contributed by atoms with Gasteiger partial charge in [0.2, 0.25) is 5.88 Å². The SMILES string of the molecule is CCn1c(CN2CCCC2)nnc1C1CCN(C(=O)c2ccnc(OC)c2)CC1. The normalized spacial score (nSPS) is 18.3. The fourth-order valence-corrected chi connectivity index (χ4v) is 4.43. The van der Waals surface area contributed by atoms with E-state index in [-0.39, 0.29) is 5.91 Å². The molecule has 2 aliphatic rings. The van der Waals surface area contributed by atoms with Crippen LogP contribution in [0.25, 0.3) is 0 Å². The molecule has 8 nitrogen and oxygen atoms in total. The van der Waals surface area contributed by atoms with Crippen molar-refractivity contribution in [3.05, 3.63) is 35.5 Å². The molecule has 4 heterocycles. The van der Waals surface area contributed by atoms with Crippen molar-refractivity contribution in [1.29, 1.82) is 0 Å². The van der Waals surface area contributed by atoms with Crippen molar-refractivity contribution in [3.8, 4) is 5.88 Å². The van der Waals surface area contributed by atoms with Crippen LogP contribution < -0.4 is 4.74 Å². The van der Waals surface area contributed by atoms with Crippen LogP contribution in [-0.2, 0) is 13.1 Å². The molecule has 0 spiro atoms. The van der Waals surface area contributed by atoms with Crippen molar-refractivity contribution in [3.63, 3.8) is 0 Å². The van der Waals surface area contributed by atoms with E-state index in [1.54, 1.807) is 25.4 Å². The Hall–Kier alpha value is -2.48. The number of aromatic nitrogens is 4. The van der Waals surface area contributed by atoms with Gasteiger partial charge in [0.05, 0.1) is 13.7 Å². The molecule has 2 aromatic heterocycles. The summed E-state index contributed by atoms with van der Waals surface area (Å²) in [6, 6.07) is 3.45. The van der Waals surface area contributed by atoms with Crippen molar-refractivity contribution >= 4 is 5.91 Å². The van der Waals surface area contributed by atoms with Crippen molar-refractivity contribution in [2.24, 2.45) is 0 Å². The molecule has 4 rings (SSSR count). The van der Waals surface area contributed by atoms with Crippen molar-refractivity contribution in [2.45, 2.75) is 51.6 Å². The van der Waals surface area contributed by atoms with E-state index < -0.39 is 0 Å². The summed E-state index contributed by atoms with van der Waals surface area (Å²) < 4.78 is 7.43. The Bertz CT molecular complexity index is 837. The highest BCUT2D eigenvalue weighted by Crippen LogP contribution is 2.28. The lowest BCUT2D eigenvalue weighted by atomic mass is 9.95. The molecule has 29 heavy (non-hydrogen) atoms. The summed E-state index contributed by atoms with van der Waals surface area (Å²) in [5.74, 6) is 3.01. The number of piperidine rings is 1. The molecule has 1 amide bonds. The first-order chi connectivity index (χ1) is 14.2. The summed E-state index contributed by atoms with van der Waals surface area (Å²) >= 11 is 0. The molecule has 156 valence electrons. The number of nitrogens with zero attached hydrogens (tertiary/aromatic N) is 6. The van der Waals surface area contributed by atoms with Gasteiger partial charge in [0.15, 0.2) is 0 Å². The number of methoxy groups -OCH3 is 1. The fourth-order valence-electron chi connectivity index (χ4n) is 4.43. The first kappa shape index (κ1) is 19.8. The highest BCUT2D eigenvalue weighted by Gasteiger charge is 2.29. The highest BCUT2D eigenvalue weighted by atomic mass is 16.5. The number of carbonyl (C=O) groups is 1. The van der Waals surface area contributed by atoms with Crippen LogP contribution in [0.5, 0.6) is 5.88 Å². The van der Waals surface area contributed by atoms with Crippen LogP contribution in [0.4, 0.5) is 0 Å². The predicted octanol–water partition coefficient (Wildman–Crippen LogP) is 2.32. The third-order valence-corrected chi connectivity index (χ3v) is 6.07. The zero-order valence-electron chi connectivity index (χ0n) is 17.4. The second-order valence-corrected chi connectivity index (χ2v) is 7.86. The first-order valence-electron chi connectivity index (χ1n) is 10.6. The molecule has 0 aliphatic carbocycles. The maximum atomic E-state index is 12.8. The lowest BCUT2D eigenvalue weighted by molar-refractivity contribution is 0.0709. The maximum Gasteiger partial charge on any atom is 0.254 e. The molecule has 0 unspecified atom stereocenters. The molecule has 8 heteroatoms. The highest BCUT2D eigenvalue weighted by molar-refractivity contribution is 5.94. The van der Waals surface area contributed by atoms with Gasteiger partial charge in [-0.2, -0.15) is 0 Å². The van der Waals surface area contributed by atoms with Gasteiger partial charge in [-0.25, -0.2) is 4.98 Å². The molecule has 0 bridgehead atoms. The largest absolute Gasteiger partial charge is 0.481 e. The van der Waals surface area contributed by atoms with E-state index in [4.69, 9.17) is 4.74 Å². The van der Waals surface area contributed by atoms with Crippen molar-refractivity contribution in [2.75, 3.05) is 33.3 Å². The van der Waals surface area contributed by atoms with Gasteiger partial charge >= 0.3 is 0 Å². The van der Waals surface area contributed by atoms with E-state index in [9.17, 15) is 4.79 Å². The standard InChI is InChI=1S/C21H30N6O2/c1-3-27-18(15-25-10-4-5-11-25)23-24-20(27)16-7-12-26(13-8-16)21(28)17-6-9-22-19(14-17)29-2/h6,9,14,16H,3-5,7-8,10-13,15H2,1-2H3. The van der Waals surface area contributed by atoms with Gasteiger partial charge < -0.3 is 14.2 Å². The Kier molecular flexibility index (Phi) is 6.08. The summed E-state index contributed by atoms with van der Waals surface area (Å²) in [6.07, 6.45) is 6.00. The number of likely N-dealkylation sites (tertiary alicyclic amines) is 2. The zero-order chi connectivity index (χ0) is 20.2. The lowest BCUT2D eigenvalue weighted by Gasteiger charge is -2.32. The van der Waals surface area contributed by atoms with E-state index >= 15 is 0 Å². The second kappa shape index (κ2) is 8.90. The number of carbonyl (C=O) groups excluding carboxylic acids is 1. The Morgan fingerprint density at radius 1 is 1.17 bits per heavy atom. The average Bonchev–Trinajstić information content (AvgIpc) is 3.43. The minimum atomic E-state index is 0.0378. The van der Waals surface area contributed by atoms with Gasteiger partial charge in [-0.1, -0.05) is 0 Å². The van der Waals surface area contributed by atoms with Gasteiger partial charge in [0.25, 0.3) is 5.91 Å². The van der Waals surface area contributed by atoms with Gasteiger partial charge in [-0.15, -0.1) is 10.2 Å². The summed E-state index contributed by atoms with van der Waals surface area (Å²) in [5, 5.41) is 9.08. The number of ether oxygens (including phenoxy) is 1. The smallest absolute Gasteiger partial charge is 0.254 e. The third kappa shape index (κ3) is 4.27. The molecule has 0 radical (unpaired) electrons. The minimum Gasteiger partial charge on any atom is -0.481 e. The quantitative estimate of drug-likeness (QED) is 0.743. The van der Waals surface area contributed by atoms with Gasteiger partial charge in [-0.3, -0.25) is 9.69 Å². The van der Waals surface area contributed by atoms with Crippen LogP contribution in [0, 0.1) is 0 Å². The van der Waals surface area contributed by atoms with E-state index in [0.29, 0.717) is 17.4 Å². The van der Waals surface area contributed by atoms with Gasteiger partial charge in [0, 0.05) is 43.4 Å². The molecule has 0 saturated carbocycles. The Morgan fingerprint density at radius 2 is 1.93 bits per heavy atom. The molecule has 0 atom stereocenters. The minimum absolute atomic E-state index is 0.0378. The van der Waals surface area contributed by atoms with Crippen LogP contribution in [0.2, 0.25) is 0 Å². The van der Waals surface area contributed by atoms with Crippen LogP contribution in [0.3, 0.4) is 0 Å². The summed E-state index contributed by atoms with van der Waals surface area (Å²) in [7, 11) is 1.56. The molecule has 2 aromatic rings. The fraction of sp³-hybridized carbons (Fsp3) is 0.619. The zero-order valence-corrected chi connectivity index (χ0v) is 17.4. The van der Waals surface area contributed by atoms with Crippen LogP contribution in [-0.4, -0.2) is 68.7 Å². The van der Waals surface area contributed by atoms with Crippen LogP contribution >= 0.6 is 0 Å². The second-order valence-electron chi connectivity index (χ2n) is 7.86. The summed E-state index contributed by atoms with van der Waals surface area (Å²) in [6.45, 7) is 7.72. The predicted molar refractivity (Wildman–Crippen MR) is 109 cm³/mol. The van der Waals surface area contributed by atoms with Crippen LogP contribution in [0.15, 0.2) is 18.3 Å². The maximum absolute atomic E-state index is 12.8. The van der Waals surface area contributed by atoms with Crippen LogP contribution in [0.1, 0.15) is 60.5 Å². The third-order valence-electron chi connectivity index (χ3n) is 6.07. The summed E-state index contributed by atoms with van der Waals surface area (Å²) in [4.78, 5) is 21.3. The van der Waals surface area contributed by atoms with Gasteiger partial charge in [-0.05, 0) is 51.8 Å². The van der Waals surface area contributed by atoms with Crippen molar-refractivity contribution < 1.29 is 9.53 Å². The van der Waals surface area contributed by atoms with E-state index in [0.717, 1.165) is 63.8 Å². The molecule has 2 fully saturated rings. The van der Waals surface area contributed by atoms with Crippen molar-refractivity contribution in [1.82, 2.24) is 29.5 Å². The first-order valence-corrected chi connectivity index (χ1v) is 10.6. The number of amides is 1. The van der Waals surface area contributed by atoms with Gasteiger partial charge in [0.1, 0.15) is 11.6 Å². The number of pyridine rings is 1. The molecule has 0 N–H and O–H groups in total. The number of hydrogen-bond donors (Lipinski definition) is 0. The number of hydrogen-bond acceptors (Lipinski definition) is 6. The molecule has 2 aliphatic heterocycles. The van der Waals surface area contributed by atoms with E-state index in [1.807, 2.05) is 4.90 Å². The molecule has 2 saturated heterocycles. The Labute approximate surface area is 171 Å². The van der Waals surface area contributed by atoms with E-state index in [2.05, 4.69) is 31.6 Å². The monoisotopic (exact) mass is 398 g/mol. The number of rotatable bonds is 6. The molecular formula is C21H30N6O2. The Balaban J connectivity index is 1.40. The molecular weight excluding hydrogens is 368 g/mol. The summed E-state index contributed by atoms with van der Waals surface area (Å²) in [5.41, 5.74) is 0.625. The topological polar surface area (TPSA) is 76.4 Å². The average molecular weight is 399 g/mol. The molecule has 0 aromatic carbocycles.